The van der Waals surface area contributed by atoms with Gasteiger partial charge in [0.2, 0.25) is 29.5 Å². The molecule has 2 aromatic carbocycles. The highest BCUT2D eigenvalue weighted by molar-refractivity contribution is 6.43. The van der Waals surface area contributed by atoms with E-state index in [4.69, 9.17) is 11.5 Å². The van der Waals surface area contributed by atoms with E-state index >= 15 is 0 Å². The quantitative estimate of drug-likeness (QED) is 0.0158. The van der Waals surface area contributed by atoms with Crippen molar-refractivity contribution in [1.82, 2.24) is 51.5 Å². The summed E-state index contributed by atoms with van der Waals surface area (Å²) in [6.07, 6.45) is 5.83. The third kappa shape index (κ3) is 25.2. The molecule has 4 rings (SSSR count). The Hall–Kier alpha value is -7.47. The van der Waals surface area contributed by atoms with Crippen molar-refractivity contribution in [3.8, 4) is 0 Å². The Kier molecular flexibility index (Phi) is 30.4. The maximum Gasteiger partial charge on any atom is 0.475 e. The van der Waals surface area contributed by atoms with E-state index in [1.165, 1.54) is 17.9 Å². The number of nitrogens with zero attached hydrogens (tertiary/aromatic N) is 5. The Morgan fingerprint density at radius 2 is 1.08 bits per heavy atom. The van der Waals surface area contributed by atoms with E-state index in [0.29, 0.717) is 146 Å². The fourth-order valence-electron chi connectivity index (χ4n) is 10.0. The molecule has 0 aliphatic carbocycles. The normalized spacial score (nSPS) is 16.1. The number of nitrogens with one attached hydrogen (secondary N) is 6. The van der Waals surface area contributed by atoms with Gasteiger partial charge in [0.05, 0.1) is 25.6 Å². The minimum atomic E-state index is -1.68. The molecule has 2 aromatic rings. The number of benzene rings is 2. The lowest BCUT2D eigenvalue weighted by molar-refractivity contribution is -0.142. The average molecular weight is 1180 g/mol. The van der Waals surface area contributed by atoms with Crippen LogP contribution in [0.4, 0.5) is 0 Å². The van der Waals surface area contributed by atoms with Crippen LogP contribution in [0, 0.1) is 0 Å². The fraction of sp³-hybridized carbons (Fsp3) is 0.618. The third-order valence-electron chi connectivity index (χ3n) is 14.6. The Morgan fingerprint density at radius 1 is 0.583 bits per heavy atom. The molecule has 2 fully saturated rings. The number of guanidine groups is 1. The van der Waals surface area contributed by atoms with Crippen LogP contribution in [0.25, 0.3) is 10.8 Å². The zero-order chi connectivity index (χ0) is 61.6. The van der Waals surface area contributed by atoms with Crippen LogP contribution in [-0.4, -0.2) is 233 Å². The lowest BCUT2D eigenvalue weighted by atomic mass is 9.78. The molecule has 4 atom stereocenters. The summed E-state index contributed by atoms with van der Waals surface area (Å²) in [4.78, 5) is 137. The molecule has 15 N–H and O–H groups in total. The first-order valence-corrected chi connectivity index (χ1v) is 28.9. The zero-order valence-corrected chi connectivity index (χ0v) is 48.1. The van der Waals surface area contributed by atoms with Crippen LogP contribution in [0.15, 0.2) is 41.4 Å². The van der Waals surface area contributed by atoms with Crippen LogP contribution in [0.3, 0.4) is 0 Å². The van der Waals surface area contributed by atoms with Gasteiger partial charge < -0.3 is 73.6 Å². The van der Waals surface area contributed by atoms with Crippen LogP contribution < -0.4 is 43.4 Å². The van der Waals surface area contributed by atoms with Gasteiger partial charge in [-0.25, -0.2) is 4.79 Å². The minimum absolute atomic E-state index is 0.0119. The first-order chi connectivity index (χ1) is 40.1. The second-order valence-corrected chi connectivity index (χ2v) is 21.2. The standard InChI is InChI=1S/C55H86BN13O15/c1-37(53(80)69-27-13-18-44(69)56(83)84)63-51(78)41-22-21-40(38-14-6-7-15-39(38)41)50(77)60-24-9-3-10-25-61-52(79)42(17-12-26-62-55(57)58)64-45(70)19-4-2-5-20-46(71)65-43(54(81)82)16-8-11-23-59-47(72)34-66-28-30-67(35-48(73)74)32-33-68(31-29-66)36-49(75)76/h6-7,14-15,21-22,37,42-44,83-84H,2-5,8-13,16-20,23-36H2,1H3,(H,59,72)(H,60,77)(H,61,79)(H,63,78)(H,64,70)(H,65,71)(H,73,74)(H,75,76)(H,81,82)(H4,57,58,62)/t37-,42+,43+,44+/m1/s1. The van der Waals surface area contributed by atoms with E-state index in [-0.39, 0.29) is 93.6 Å². The summed E-state index contributed by atoms with van der Waals surface area (Å²) >= 11 is 0. The van der Waals surface area contributed by atoms with Gasteiger partial charge in [-0.2, -0.15) is 0 Å². The second kappa shape index (κ2) is 37.0. The molecule has 0 saturated carbocycles. The topological polar surface area (TPSA) is 421 Å². The summed E-state index contributed by atoms with van der Waals surface area (Å²) in [5, 5.41) is 65.4. The van der Waals surface area contributed by atoms with Gasteiger partial charge in [0.15, 0.2) is 5.96 Å². The monoisotopic (exact) mass is 1180 g/mol. The number of likely N-dealkylation sites (tertiary alicyclic amines) is 1. The lowest BCUT2D eigenvalue weighted by Gasteiger charge is -2.27. The number of rotatable bonds is 36. The molecule has 2 saturated heterocycles. The summed E-state index contributed by atoms with van der Waals surface area (Å²) in [5.74, 6) is -6.87. The largest absolute Gasteiger partial charge is 0.480 e. The molecule has 2 aliphatic heterocycles. The number of carbonyl (C=O) groups is 10. The maximum atomic E-state index is 13.4. The van der Waals surface area contributed by atoms with E-state index in [9.17, 15) is 73.3 Å². The molecule has 0 radical (unpaired) electrons. The third-order valence-corrected chi connectivity index (χ3v) is 14.6. The Balaban J connectivity index is 1.12. The zero-order valence-electron chi connectivity index (χ0n) is 48.1. The molecule has 0 spiro atoms. The van der Waals surface area contributed by atoms with Crippen LogP contribution in [0.1, 0.15) is 124 Å². The van der Waals surface area contributed by atoms with Crippen molar-refractivity contribution in [2.24, 2.45) is 16.5 Å². The minimum Gasteiger partial charge on any atom is -0.480 e. The van der Waals surface area contributed by atoms with Crippen molar-refractivity contribution in [2.75, 3.05) is 91.6 Å². The smallest absolute Gasteiger partial charge is 0.475 e. The first-order valence-electron chi connectivity index (χ1n) is 28.9. The molecule has 84 heavy (non-hydrogen) atoms. The van der Waals surface area contributed by atoms with Crippen molar-refractivity contribution in [1.29, 1.82) is 0 Å². The van der Waals surface area contributed by atoms with Gasteiger partial charge in [0.25, 0.3) is 11.8 Å². The second-order valence-electron chi connectivity index (χ2n) is 21.2. The summed E-state index contributed by atoms with van der Waals surface area (Å²) < 4.78 is 0. The molecule has 464 valence electrons. The van der Waals surface area contributed by atoms with Crippen LogP contribution >= 0.6 is 0 Å². The van der Waals surface area contributed by atoms with Gasteiger partial charge in [-0.1, -0.05) is 30.7 Å². The van der Waals surface area contributed by atoms with Gasteiger partial charge in [-0.15, -0.1) is 0 Å². The number of fused-ring (bicyclic) bond motifs is 1. The number of carboxylic acid groups (broad SMARTS) is 3. The van der Waals surface area contributed by atoms with Crippen molar-refractivity contribution in [2.45, 2.75) is 127 Å². The Bertz CT molecular complexity index is 2550. The van der Waals surface area contributed by atoms with Crippen molar-refractivity contribution in [3.63, 3.8) is 0 Å². The van der Waals surface area contributed by atoms with E-state index in [0.717, 1.165) is 0 Å². The fourth-order valence-corrected chi connectivity index (χ4v) is 10.0. The van der Waals surface area contributed by atoms with E-state index < -0.39 is 66.8 Å². The number of unbranched alkanes of at least 4 members (excludes halogenated alkanes) is 5. The predicted molar refractivity (Wildman–Crippen MR) is 311 cm³/mol. The molecule has 29 heteroatoms. The highest BCUT2D eigenvalue weighted by Crippen LogP contribution is 2.24. The van der Waals surface area contributed by atoms with Crippen LogP contribution in [0.2, 0.25) is 0 Å². The average Bonchev–Trinajstić information content (AvgIpc) is 3.84. The number of carbonyl (C=O) groups excluding carboxylic acids is 7. The predicted octanol–water partition coefficient (Wildman–Crippen LogP) is -1.59. The summed E-state index contributed by atoms with van der Waals surface area (Å²) in [6.45, 7) is 4.93. The van der Waals surface area contributed by atoms with E-state index in [1.807, 2.05) is 4.90 Å². The number of hydrogen-bond donors (Lipinski definition) is 13. The highest BCUT2D eigenvalue weighted by Gasteiger charge is 2.39. The molecular weight excluding hydrogens is 1090 g/mol. The molecular formula is C55H86BN13O15. The van der Waals surface area contributed by atoms with Crippen molar-refractivity contribution < 1.29 is 73.3 Å². The maximum absolute atomic E-state index is 13.4. The molecule has 0 bridgehead atoms. The first kappa shape index (κ1) is 69.0. The van der Waals surface area contributed by atoms with Gasteiger partial charge in [-0.05, 0) is 107 Å². The number of aliphatic imine (C=N–C) groups is 1. The summed E-state index contributed by atoms with van der Waals surface area (Å²) in [7, 11) is -1.68. The van der Waals surface area contributed by atoms with Crippen LogP contribution in [0.5, 0.6) is 0 Å². The van der Waals surface area contributed by atoms with Crippen LogP contribution in [-0.2, 0) is 38.4 Å². The SMILES string of the molecule is C[C@@H](NC(=O)c1ccc(C(=O)NCCCCCNC(=O)[C@H](CCCN=C(N)N)NC(=O)CCCCCC(=O)N[C@@H](CCCCNC(=O)CN2CCN(CC(=O)O)CCN(CC(=O)O)CC2)C(=O)O)c2ccccc12)C(=O)N1CCC[C@H]1B(O)O. The molecule has 0 aromatic heterocycles. The summed E-state index contributed by atoms with van der Waals surface area (Å²) in [5.41, 5.74) is 11.5. The van der Waals surface area contributed by atoms with Gasteiger partial charge in [0.1, 0.15) is 18.1 Å². The van der Waals surface area contributed by atoms with Gasteiger partial charge in [-0.3, -0.25) is 62.8 Å². The molecule has 0 unspecified atom stereocenters. The molecule has 2 aliphatic rings. The number of amides is 7. The molecule has 2 heterocycles. The van der Waals surface area contributed by atoms with Gasteiger partial charge in [0, 0.05) is 96.0 Å². The summed E-state index contributed by atoms with van der Waals surface area (Å²) in [6, 6.07) is 7.05. The van der Waals surface area contributed by atoms with Crippen molar-refractivity contribution >= 4 is 83.1 Å². The van der Waals surface area contributed by atoms with Crippen molar-refractivity contribution in [3.05, 3.63) is 47.5 Å². The highest BCUT2D eigenvalue weighted by atomic mass is 16.4. The van der Waals surface area contributed by atoms with Gasteiger partial charge >= 0.3 is 25.0 Å². The lowest BCUT2D eigenvalue weighted by Crippen LogP contribution is -2.52. The number of carboxylic acids is 3. The number of hydrogen-bond acceptors (Lipinski definition) is 16. The van der Waals surface area contributed by atoms with E-state index in [1.54, 1.807) is 40.1 Å². The Morgan fingerprint density at radius 3 is 1.63 bits per heavy atom. The number of nitrogens with two attached hydrogens (primary N) is 2. The number of aliphatic carboxylic acids is 3. The molecule has 7 amide bonds. The molecule has 28 nitrogen and oxygen atoms in total. The van der Waals surface area contributed by atoms with E-state index in [2.05, 4.69) is 36.9 Å². The Labute approximate surface area is 489 Å².